The fourth-order valence-electron chi connectivity index (χ4n) is 0.920. The minimum atomic E-state index is -2.74. The first-order valence-corrected chi connectivity index (χ1v) is 3.70. The first-order valence-electron chi connectivity index (χ1n) is 3.70. The number of methoxy groups -OCH3 is 2. The third kappa shape index (κ3) is 1.84. The van der Waals surface area contributed by atoms with E-state index in [0.717, 1.165) is 6.07 Å². The van der Waals surface area contributed by atoms with Crippen LogP contribution in [0.5, 0.6) is 17.4 Å². The molecule has 0 aliphatic rings. The van der Waals surface area contributed by atoms with E-state index in [1.807, 2.05) is 0 Å². The summed E-state index contributed by atoms with van der Waals surface area (Å²) in [5, 5.41) is 9.34. The summed E-state index contributed by atoms with van der Waals surface area (Å²) in [7, 11) is 2.47. The van der Waals surface area contributed by atoms with E-state index in [9.17, 15) is 13.9 Å². The van der Waals surface area contributed by atoms with Crippen LogP contribution >= 0.6 is 0 Å². The minimum Gasteiger partial charge on any atom is -0.501 e. The lowest BCUT2D eigenvalue weighted by molar-refractivity contribution is 0.144. The summed E-state index contributed by atoms with van der Waals surface area (Å²) in [6.45, 7) is 0. The SMILES string of the molecule is COc1cc(C(F)F)nc(OC)c1O. The Bertz CT molecular complexity index is 305. The molecule has 0 saturated carbocycles. The summed E-state index contributed by atoms with van der Waals surface area (Å²) in [4.78, 5) is 3.40. The van der Waals surface area contributed by atoms with E-state index < -0.39 is 12.1 Å². The monoisotopic (exact) mass is 205 g/mol. The molecule has 0 aliphatic carbocycles. The van der Waals surface area contributed by atoms with E-state index in [-0.39, 0.29) is 17.4 Å². The Balaban J connectivity index is 3.25. The van der Waals surface area contributed by atoms with Gasteiger partial charge in [0.1, 0.15) is 5.69 Å². The van der Waals surface area contributed by atoms with Crippen LogP contribution in [0.4, 0.5) is 8.78 Å². The summed E-state index contributed by atoms with van der Waals surface area (Å²) in [5.41, 5.74) is -0.503. The lowest BCUT2D eigenvalue weighted by Gasteiger charge is -2.09. The predicted molar refractivity (Wildman–Crippen MR) is 44.0 cm³/mol. The highest BCUT2D eigenvalue weighted by Crippen LogP contribution is 2.36. The lowest BCUT2D eigenvalue weighted by Crippen LogP contribution is -1.97. The standard InChI is InChI=1S/C8H9F2NO3/c1-13-5-3-4(7(9)10)11-8(14-2)6(5)12/h3,7,12H,1-2H3. The molecule has 0 saturated heterocycles. The van der Waals surface area contributed by atoms with Gasteiger partial charge in [-0.2, -0.15) is 0 Å². The van der Waals surface area contributed by atoms with Crippen molar-refractivity contribution in [2.45, 2.75) is 6.43 Å². The van der Waals surface area contributed by atoms with Gasteiger partial charge in [-0.05, 0) is 0 Å². The number of alkyl halides is 2. The van der Waals surface area contributed by atoms with Crippen molar-refractivity contribution in [1.29, 1.82) is 0 Å². The summed E-state index contributed by atoms with van der Waals surface area (Å²) in [5.74, 6) is -0.758. The Kier molecular flexibility index (Phi) is 3.06. The van der Waals surface area contributed by atoms with Gasteiger partial charge in [0.2, 0.25) is 5.75 Å². The Morgan fingerprint density at radius 2 is 2.00 bits per heavy atom. The normalized spacial score (nSPS) is 10.4. The molecule has 1 heterocycles. The highest BCUT2D eigenvalue weighted by Gasteiger charge is 2.17. The molecule has 0 aliphatic heterocycles. The number of hydrogen-bond donors (Lipinski definition) is 1. The number of hydrogen-bond acceptors (Lipinski definition) is 4. The maximum atomic E-state index is 12.3. The Morgan fingerprint density at radius 1 is 1.36 bits per heavy atom. The van der Waals surface area contributed by atoms with Crippen LogP contribution in [-0.4, -0.2) is 24.3 Å². The van der Waals surface area contributed by atoms with Crippen LogP contribution in [0.1, 0.15) is 12.1 Å². The highest BCUT2D eigenvalue weighted by molar-refractivity contribution is 5.47. The smallest absolute Gasteiger partial charge is 0.280 e. The summed E-state index contributed by atoms with van der Waals surface area (Å²) < 4.78 is 33.8. The fraction of sp³-hybridized carbons (Fsp3) is 0.375. The molecule has 1 N–H and O–H groups in total. The van der Waals surface area contributed by atoms with Crippen molar-refractivity contribution in [1.82, 2.24) is 4.98 Å². The van der Waals surface area contributed by atoms with Crippen LogP contribution in [0, 0.1) is 0 Å². The van der Waals surface area contributed by atoms with E-state index >= 15 is 0 Å². The highest BCUT2D eigenvalue weighted by atomic mass is 19.3. The molecule has 0 radical (unpaired) electrons. The summed E-state index contributed by atoms with van der Waals surface area (Å²) in [6, 6.07) is 0.961. The number of aromatic hydroxyl groups is 1. The molecule has 1 aromatic heterocycles. The van der Waals surface area contributed by atoms with Gasteiger partial charge in [-0.15, -0.1) is 0 Å². The second-order valence-electron chi connectivity index (χ2n) is 2.41. The molecule has 0 bridgehead atoms. The molecule has 14 heavy (non-hydrogen) atoms. The van der Waals surface area contributed by atoms with Crippen LogP contribution in [0.25, 0.3) is 0 Å². The first-order chi connectivity index (χ1) is 6.60. The molecule has 1 rings (SSSR count). The molecule has 4 nitrogen and oxygen atoms in total. The van der Waals surface area contributed by atoms with Gasteiger partial charge in [0.05, 0.1) is 14.2 Å². The lowest BCUT2D eigenvalue weighted by atomic mass is 10.3. The molecular weight excluding hydrogens is 196 g/mol. The van der Waals surface area contributed by atoms with E-state index in [4.69, 9.17) is 0 Å². The molecule has 0 atom stereocenters. The molecule has 0 unspecified atom stereocenters. The van der Waals surface area contributed by atoms with Crippen molar-refractivity contribution >= 4 is 0 Å². The van der Waals surface area contributed by atoms with Crippen LogP contribution in [0.3, 0.4) is 0 Å². The molecular formula is C8H9F2NO3. The van der Waals surface area contributed by atoms with Gasteiger partial charge in [0.25, 0.3) is 12.3 Å². The molecule has 0 spiro atoms. The number of aromatic nitrogens is 1. The van der Waals surface area contributed by atoms with Crippen LogP contribution in [-0.2, 0) is 0 Å². The average molecular weight is 205 g/mol. The Hall–Kier alpha value is -1.59. The molecule has 0 aromatic carbocycles. The summed E-state index contributed by atoms with van der Waals surface area (Å²) >= 11 is 0. The quantitative estimate of drug-likeness (QED) is 0.816. The number of pyridine rings is 1. The molecule has 1 aromatic rings. The Labute approximate surface area is 79.1 Å². The third-order valence-corrected chi connectivity index (χ3v) is 1.58. The van der Waals surface area contributed by atoms with Crippen molar-refractivity contribution in [3.63, 3.8) is 0 Å². The molecule has 0 fully saturated rings. The second kappa shape index (κ2) is 4.08. The maximum Gasteiger partial charge on any atom is 0.280 e. The van der Waals surface area contributed by atoms with Crippen LogP contribution in [0.2, 0.25) is 0 Å². The van der Waals surface area contributed by atoms with Crippen molar-refractivity contribution < 1.29 is 23.4 Å². The van der Waals surface area contributed by atoms with Gasteiger partial charge in [0.15, 0.2) is 5.75 Å². The van der Waals surface area contributed by atoms with E-state index in [0.29, 0.717) is 0 Å². The van der Waals surface area contributed by atoms with Gasteiger partial charge in [0, 0.05) is 6.07 Å². The number of rotatable bonds is 3. The maximum absolute atomic E-state index is 12.3. The van der Waals surface area contributed by atoms with Crippen LogP contribution < -0.4 is 9.47 Å². The average Bonchev–Trinajstić information content (AvgIpc) is 2.17. The van der Waals surface area contributed by atoms with Gasteiger partial charge in [-0.25, -0.2) is 13.8 Å². The fourth-order valence-corrected chi connectivity index (χ4v) is 0.920. The zero-order chi connectivity index (χ0) is 10.7. The van der Waals surface area contributed by atoms with Crippen molar-refractivity contribution in [2.75, 3.05) is 14.2 Å². The van der Waals surface area contributed by atoms with E-state index in [2.05, 4.69) is 14.5 Å². The first kappa shape index (κ1) is 10.5. The second-order valence-corrected chi connectivity index (χ2v) is 2.41. The molecule has 0 amide bonds. The predicted octanol–water partition coefficient (Wildman–Crippen LogP) is 1.74. The topological polar surface area (TPSA) is 51.6 Å². The minimum absolute atomic E-state index is 0.0906. The van der Waals surface area contributed by atoms with Gasteiger partial charge in [-0.3, -0.25) is 0 Å². The van der Waals surface area contributed by atoms with Gasteiger partial charge >= 0.3 is 0 Å². The van der Waals surface area contributed by atoms with Crippen molar-refractivity contribution in [3.8, 4) is 17.4 Å². The van der Waals surface area contributed by atoms with Gasteiger partial charge < -0.3 is 14.6 Å². The number of nitrogens with zero attached hydrogens (tertiary/aromatic N) is 1. The van der Waals surface area contributed by atoms with Crippen molar-refractivity contribution in [2.24, 2.45) is 0 Å². The largest absolute Gasteiger partial charge is 0.501 e. The Morgan fingerprint density at radius 3 is 2.43 bits per heavy atom. The van der Waals surface area contributed by atoms with E-state index in [1.165, 1.54) is 14.2 Å². The molecule has 6 heteroatoms. The van der Waals surface area contributed by atoms with Crippen LogP contribution in [0.15, 0.2) is 6.07 Å². The summed E-state index contributed by atoms with van der Waals surface area (Å²) in [6.07, 6.45) is -2.74. The zero-order valence-electron chi connectivity index (χ0n) is 7.62. The third-order valence-electron chi connectivity index (χ3n) is 1.58. The number of ether oxygens (including phenoxy) is 2. The van der Waals surface area contributed by atoms with E-state index in [1.54, 1.807) is 0 Å². The molecule has 78 valence electrons. The zero-order valence-corrected chi connectivity index (χ0v) is 7.62. The van der Waals surface area contributed by atoms with Gasteiger partial charge in [-0.1, -0.05) is 0 Å². The van der Waals surface area contributed by atoms with Crippen molar-refractivity contribution in [3.05, 3.63) is 11.8 Å². The number of halogens is 2.